The van der Waals surface area contributed by atoms with Crippen LogP contribution in [-0.2, 0) is 21.0 Å². The van der Waals surface area contributed by atoms with Crippen LogP contribution >= 0.6 is 0 Å². The molecule has 1 aliphatic heterocycles. The number of hydrogen-bond acceptors (Lipinski definition) is 4. The molecular formula is C27H22F5NO5S. The normalized spacial score (nSPS) is 21.1. The minimum absolute atomic E-state index is 0.0311. The maximum Gasteiger partial charge on any atom is 0.416 e. The van der Waals surface area contributed by atoms with Gasteiger partial charge >= 0.3 is 12.1 Å². The number of alkyl halides is 3. The second-order valence-electron chi connectivity index (χ2n) is 9.72. The summed E-state index contributed by atoms with van der Waals surface area (Å²) in [5.74, 6) is -2.80. The number of hydrogen-bond donors (Lipinski definition) is 1. The van der Waals surface area contributed by atoms with Gasteiger partial charge in [-0.25, -0.2) is 17.2 Å². The molecule has 0 amide bonds. The number of sulfonamides is 1. The van der Waals surface area contributed by atoms with E-state index in [4.69, 9.17) is 9.84 Å². The van der Waals surface area contributed by atoms with Crippen LogP contribution in [0.3, 0.4) is 0 Å². The molecule has 0 saturated heterocycles. The number of fused-ring (bicyclic) bond motifs is 1. The van der Waals surface area contributed by atoms with Crippen molar-refractivity contribution < 1.29 is 45.0 Å². The molecule has 206 valence electrons. The summed E-state index contributed by atoms with van der Waals surface area (Å²) in [7, 11) is -4.57. The number of anilines is 1. The summed E-state index contributed by atoms with van der Waals surface area (Å²) >= 11 is 0. The van der Waals surface area contributed by atoms with Crippen molar-refractivity contribution in [2.45, 2.75) is 36.4 Å². The Morgan fingerprint density at radius 3 is 2.46 bits per heavy atom. The summed E-state index contributed by atoms with van der Waals surface area (Å²) in [6.07, 6.45) is -4.35. The summed E-state index contributed by atoms with van der Waals surface area (Å²) in [4.78, 5) is 10.6. The highest BCUT2D eigenvalue weighted by Crippen LogP contribution is 2.44. The highest BCUT2D eigenvalue weighted by molar-refractivity contribution is 7.92. The minimum atomic E-state index is -4.77. The zero-order chi connectivity index (χ0) is 28.1. The summed E-state index contributed by atoms with van der Waals surface area (Å²) in [5.41, 5.74) is -1.17. The van der Waals surface area contributed by atoms with Gasteiger partial charge in [-0.05, 0) is 79.3 Å². The monoisotopic (exact) mass is 567 g/mol. The molecule has 0 bridgehead atoms. The molecule has 3 aromatic rings. The topological polar surface area (TPSA) is 83.9 Å². The van der Waals surface area contributed by atoms with Crippen LogP contribution in [0, 0.1) is 23.5 Å². The van der Waals surface area contributed by atoms with Crippen LogP contribution in [0.4, 0.5) is 27.6 Å². The minimum Gasteiger partial charge on any atom is -0.486 e. The van der Waals surface area contributed by atoms with E-state index in [0.29, 0.717) is 25.3 Å². The second-order valence-corrected chi connectivity index (χ2v) is 11.6. The first-order valence-electron chi connectivity index (χ1n) is 12.0. The third-order valence-electron chi connectivity index (χ3n) is 7.06. The van der Waals surface area contributed by atoms with Gasteiger partial charge in [0.15, 0.2) is 0 Å². The van der Waals surface area contributed by atoms with Gasteiger partial charge in [-0.1, -0.05) is 12.1 Å². The average molecular weight is 568 g/mol. The lowest BCUT2D eigenvalue weighted by Gasteiger charge is -2.40. The standard InChI is InChI=1S/C27H22F5NO5S/c28-19-5-6-23(29)22(13-19)16-4-7-25-24(11-16)33(14-20(38-25)10-15-8-17(9-15)26(34)35)39(36,37)21-3-1-2-18(12-21)27(30,31)32/h1-7,11-13,15,17,20H,8-10,14H2,(H,34,35). The Bertz CT molecular complexity index is 1540. The second kappa shape index (κ2) is 9.82. The molecule has 6 nitrogen and oxygen atoms in total. The van der Waals surface area contributed by atoms with Crippen molar-refractivity contribution in [3.05, 3.63) is 77.9 Å². The molecule has 1 N–H and O–H groups in total. The van der Waals surface area contributed by atoms with Crippen LogP contribution in [0.1, 0.15) is 24.8 Å². The maximum atomic E-state index is 14.5. The molecule has 39 heavy (non-hydrogen) atoms. The highest BCUT2D eigenvalue weighted by Gasteiger charge is 2.41. The van der Waals surface area contributed by atoms with Gasteiger partial charge in [0.2, 0.25) is 0 Å². The zero-order valence-electron chi connectivity index (χ0n) is 20.2. The molecular weight excluding hydrogens is 545 g/mol. The van der Waals surface area contributed by atoms with E-state index >= 15 is 0 Å². The largest absolute Gasteiger partial charge is 0.486 e. The lowest BCUT2D eigenvalue weighted by atomic mass is 9.72. The van der Waals surface area contributed by atoms with Crippen LogP contribution < -0.4 is 9.04 Å². The first-order valence-corrected chi connectivity index (χ1v) is 13.5. The Balaban J connectivity index is 1.55. The third kappa shape index (κ3) is 5.29. The van der Waals surface area contributed by atoms with Crippen LogP contribution in [0.5, 0.6) is 5.75 Å². The zero-order valence-corrected chi connectivity index (χ0v) is 21.0. The number of benzene rings is 3. The van der Waals surface area contributed by atoms with Gasteiger partial charge in [0.25, 0.3) is 10.0 Å². The van der Waals surface area contributed by atoms with Gasteiger partial charge in [-0.2, -0.15) is 13.2 Å². The fraction of sp³-hybridized carbons (Fsp3) is 0.296. The Hall–Kier alpha value is -3.67. The summed E-state index contributed by atoms with van der Waals surface area (Å²) < 4.78 is 103. The SMILES string of the molecule is O=C(O)C1CC(CC2CN(S(=O)(=O)c3cccc(C(F)(F)F)c3)c3cc(-c4cc(F)ccc4F)ccc3O2)C1. The number of aliphatic carboxylic acids is 1. The fourth-order valence-electron chi connectivity index (χ4n) is 5.01. The number of nitrogens with zero attached hydrogens (tertiary/aromatic N) is 1. The van der Waals surface area contributed by atoms with E-state index in [1.165, 1.54) is 18.2 Å². The van der Waals surface area contributed by atoms with Gasteiger partial charge in [-0.15, -0.1) is 0 Å². The molecule has 5 rings (SSSR count). The van der Waals surface area contributed by atoms with Crippen LogP contribution in [-0.4, -0.2) is 32.1 Å². The van der Waals surface area contributed by atoms with Gasteiger partial charge in [0, 0.05) is 5.56 Å². The van der Waals surface area contributed by atoms with Crippen molar-refractivity contribution in [2.75, 3.05) is 10.8 Å². The van der Waals surface area contributed by atoms with E-state index in [-0.39, 0.29) is 35.0 Å². The van der Waals surface area contributed by atoms with Gasteiger partial charge in [0.1, 0.15) is 23.5 Å². The molecule has 1 atom stereocenters. The van der Waals surface area contributed by atoms with E-state index in [9.17, 15) is 35.2 Å². The van der Waals surface area contributed by atoms with Gasteiger partial charge in [-0.3, -0.25) is 9.10 Å². The summed E-state index contributed by atoms with van der Waals surface area (Å²) in [5, 5.41) is 9.15. The number of carbonyl (C=O) groups is 1. The summed E-state index contributed by atoms with van der Waals surface area (Å²) in [6.45, 7) is -0.269. The van der Waals surface area contributed by atoms with Crippen molar-refractivity contribution in [3.8, 4) is 16.9 Å². The van der Waals surface area contributed by atoms with Crippen LogP contribution in [0.15, 0.2) is 65.6 Å². The van der Waals surface area contributed by atoms with E-state index in [1.807, 2.05) is 0 Å². The molecule has 3 aromatic carbocycles. The van der Waals surface area contributed by atoms with Gasteiger partial charge < -0.3 is 9.84 Å². The van der Waals surface area contributed by atoms with Crippen molar-refractivity contribution in [1.82, 2.24) is 0 Å². The van der Waals surface area contributed by atoms with E-state index in [2.05, 4.69) is 0 Å². The van der Waals surface area contributed by atoms with Crippen molar-refractivity contribution in [2.24, 2.45) is 11.8 Å². The molecule has 2 aliphatic rings. The van der Waals surface area contributed by atoms with Gasteiger partial charge in [0.05, 0.1) is 28.6 Å². The van der Waals surface area contributed by atoms with Crippen molar-refractivity contribution >= 4 is 21.7 Å². The molecule has 0 spiro atoms. The van der Waals surface area contributed by atoms with Crippen LogP contribution in [0.2, 0.25) is 0 Å². The highest BCUT2D eigenvalue weighted by atomic mass is 32.2. The Kier molecular flexibility index (Phi) is 6.78. The molecule has 1 fully saturated rings. The predicted octanol–water partition coefficient (Wildman–Crippen LogP) is 6.11. The third-order valence-corrected chi connectivity index (χ3v) is 8.84. The van der Waals surface area contributed by atoms with E-state index in [0.717, 1.165) is 40.7 Å². The molecule has 1 saturated carbocycles. The quantitative estimate of drug-likeness (QED) is 0.364. The lowest BCUT2D eigenvalue weighted by molar-refractivity contribution is -0.146. The molecule has 1 aliphatic carbocycles. The molecule has 12 heteroatoms. The Labute approximate surface area is 220 Å². The Morgan fingerprint density at radius 2 is 1.77 bits per heavy atom. The number of carboxylic acids is 1. The van der Waals surface area contributed by atoms with Crippen molar-refractivity contribution in [1.29, 1.82) is 0 Å². The first-order chi connectivity index (χ1) is 18.3. The summed E-state index contributed by atoms with van der Waals surface area (Å²) in [6, 6.07) is 10.3. The molecule has 0 aromatic heterocycles. The Morgan fingerprint density at radius 1 is 1.03 bits per heavy atom. The lowest BCUT2D eigenvalue weighted by Crippen LogP contribution is -2.45. The predicted molar refractivity (Wildman–Crippen MR) is 131 cm³/mol. The maximum absolute atomic E-state index is 14.5. The van der Waals surface area contributed by atoms with E-state index < -0.39 is 56.3 Å². The first kappa shape index (κ1) is 26.9. The number of ether oxygens (including phenoxy) is 1. The van der Waals surface area contributed by atoms with Crippen molar-refractivity contribution in [3.63, 3.8) is 0 Å². The van der Waals surface area contributed by atoms with E-state index in [1.54, 1.807) is 0 Å². The average Bonchev–Trinajstić information content (AvgIpc) is 2.86. The number of carboxylic acid groups (broad SMARTS) is 1. The molecule has 1 unspecified atom stereocenters. The van der Waals surface area contributed by atoms with Crippen LogP contribution in [0.25, 0.3) is 11.1 Å². The molecule has 1 heterocycles. The number of rotatable bonds is 6. The molecule has 0 radical (unpaired) electrons. The smallest absolute Gasteiger partial charge is 0.416 e. The fourth-order valence-corrected chi connectivity index (χ4v) is 6.56. The number of halogens is 5.